The van der Waals surface area contributed by atoms with Crippen molar-refractivity contribution in [2.75, 3.05) is 0 Å². The summed E-state index contributed by atoms with van der Waals surface area (Å²) in [5.74, 6) is -0.158. The molecule has 4 heteroatoms. The Morgan fingerprint density at radius 1 is 1.10 bits per heavy atom. The van der Waals surface area contributed by atoms with Crippen molar-refractivity contribution < 1.29 is 4.39 Å². The maximum absolute atomic E-state index is 14.1. The third-order valence-electron chi connectivity index (χ3n) is 2.91. The van der Waals surface area contributed by atoms with Gasteiger partial charge in [-0.1, -0.05) is 33.8 Å². The van der Waals surface area contributed by atoms with Gasteiger partial charge in [-0.2, -0.15) is 0 Å². The van der Waals surface area contributed by atoms with Gasteiger partial charge < -0.3 is 5.32 Å². The first-order chi connectivity index (χ1) is 9.85. The molecule has 2 rings (SSSR count). The van der Waals surface area contributed by atoms with Crippen molar-refractivity contribution in [3.63, 3.8) is 0 Å². The molecule has 0 fully saturated rings. The lowest BCUT2D eigenvalue weighted by Crippen LogP contribution is -2.35. The molecule has 0 aromatic heterocycles. The monoisotopic (exact) mass is 367 g/mol. The molecule has 112 valence electrons. The molecule has 0 saturated carbocycles. The lowest BCUT2D eigenvalue weighted by atomic mass is 10.1. The van der Waals surface area contributed by atoms with Gasteiger partial charge in [0.15, 0.2) is 0 Å². The van der Waals surface area contributed by atoms with Crippen LogP contribution in [0.4, 0.5) is 4.39 Å². The fourth-order valence-electron chi connectivity index (χ4n) is 1.79. The van der Waals surface area contributed by atoms with E-state index in [1.165, 1.54) is 6.07 Å². The largest absolute Gasteiger partial charge is 0.308 e. The molecular formula is C17H19BrFNS. The Morgan fingerprint density at radius 3 is 2.38 bits per heavy atom. The van der Waals surface area contributed by atoms with E-state index in [0.717, 1.165) is 19.8 Å². The number of hydrogen-bond acceptors (Lipinski definition) is 2. The summed E-state index contributed by atoms with van der Waals surface area (Å²) in [6.45, 7) is 6.76. The van der Waals surface area contributed by atoms with Gasteiger partial charge in [0.2, 0.25) is 0 Å². The van der Waals surface area contributed by atoms with E-state index in [4.69, 9.17) is 0 Å². The predicted molar refractivity (Wildman–Crippen MR) is 91.3 cm³/mol. The molecule has 2 aromatic carbocycles. The summed E-state index contributed by atoms with van der Waals surface area (Å²) in [7, 11) is 0. The molecule has 21 heavy (non-hydrogen) atoms. The van der Waals surface area contributed by atoms with Crippen LogP contribution in [0.2, 0.25) is 0 Å². The fraction of sp³-hybridized carbons (Fsp3) is 0.294. The van der Waals surface area contributed by atoms with Crippen LogP contribution < -0.4 is 5.32 Å². The second-order valence-corrected chi connectivity index (χ2v) is 7.91. The smallest absolute Gasteiger partial charge is 0.128 e. The van der Waals surface area contributed by atoms with Crippen LogP contribution in [0.5, 0.6) is 0 Å². The first kappa shape index (κ1) is 16.5. The third kappa shape index (κ3) is 5.13. The Kier molecular flexibility index (Phi) is 5.47. The van der Waals surface area contributed by atoms with Gasteiger partial charge in [-0.3, -0.25) is 0 Å². The van der Waals surface area contributed by atoms with Crippen LogP contribution in [0.15, 0.2) is 56.7 Å². The molecule has 0 saturated heterocycles. The first-order valence-corrected chi connectivity index (χ1v) is 8.42. The fourth-order valence-corrected chi connectivity index (χ4v) is 3.02. The molecule has 0 bridgehead atoms. The van der Waals surface area contributed by atoms with Gasteiger partial charge in [0.25, 0.3) is 0 Å². The average Bonchev–Trinajstić information content (AvgIpc) is 2.39. The van der Waals surface area contributed by atoms with Crippen LogP contribution in [0, 0.1) is 5.82 Å². The Morgan fingerprint density at radius 2 is 1.76 bits per heavy atom. The highest BCUT2D eigenvalue weighted by Gasteiger charge is 2.14. The summed E-state index contributed by atoms with van der Waals surface area (Å²) in [6, 6.07) is 13.3. The van der Waals surface area contributed by atoms with E-state index < -0.39 is 0 Å². The SMILES string of the molecule is CC(C)(C)NCc1c(F)cccc1Sc1ccc(Br)cc1. The van der Waals surface area contributed by atoms with E-state index in [-0.39, 0.29) is 11.4 Å². The highest BCUT2D eigenvalue weighted by atomic mass is 79.9. The zero-order valence-electron chi connectivity index (χ0n) is 12.4. The first-order valence-electron chi connectivity index (χ1n) is 6.81. The van der Waals surface area contributed by atoms with Gasteiger partial charge in [0, 0.05) is 31.9 Å². The third-order valence-corrected chi connectivity index (χ3v) is 4.55. The van der Waals surface area contributed by atoms with E-state index in [0.29, 0.717) is 6.54 Å². The summed E-state index contributed by atoms with van der Waals surface area (Å²) in [5, 5.41) is 3.35. The number of rotatable bonds is 4. The summed E-state index contributed by atoms with van der Waals surface area (Å²) >= 11 is 5.01. The maximum Gasteiger partial charge on any atom is 0.128 e. The van der Waals surface area contributed by atoms with Crippen LogP contribution in [0.1, 0.15) is 26.3 Å². The minimum atomic E-state index is -0.158. The number of benzene rings is 2. The molecule has 1 nitrogen and oxygen atoms in total. The molecular weight excluding hydrogens is 349 g/mol. The van der Waals surface area contributed by atoms with Crippen molar-refractivity contribution in [2.45, 2.75) is 42.6 Å². The molecule has 0 aliphatic carbocycles. The van der Waals surface area contributed by atoms with Crippen LogP contribution >= 0.6 is 27.7 Å². The minimum absolute atomic E-state index is 0.0399. The zero-order valence-corrected chi connectivity index (χ0v) is 14.8. The van der Waals surface area contributed by atoms with Crippen molar-refractivity contribution in [3.8, 4) is 0 Å². The van der Waals surface area contributed by atoms with Gasteiger partial charge in [-0.15, -0.1) is 0 Å². The van der Waals surface area contributed by atoms with E-state index in [1.807, 2.05) is 30.3 Å². The van der Waals surface area contributed by atoms with Crippen molar-refractivity contribution in [1.82, 2.24) is 5.32 Å². The van der Waals surface area contributed by atoms with Gasteiger partial charge in [0.1, 0.15) is 5.82 Å². The molecule has 0 aliphatic heterocycles. The van der Waals surface area contributed by atoms with Crippen molar-refractivity contribution in [3.05, 3.63) is 58.3 Å². The van der Waals surface area contributed by atoms with E-state index >= 15 is 0 Å². The average molecular weight is 368 g/mol. The standard InChI is InChI=1S/C17H19BrFNS/c1-17(2,3)20-11-14-15(19)5-4-6-16(14)21-13-9-7-12(18)8-10-13/h4-10,20H,11H2,1-3H3. The van der Waals surface area contributed by atoms with Crippen LogP contribution in [0.3, 0.4) is 0 Å². The van der Waals surface area contributed by atoms with Gasteiger partial charge in [-0.05, 0) is 57.2 Å². The summed E-state index contributed by atoms with van der Waals surface area (Å²) in [5.41, 5.74) is 0.683. The van der Waals surface area contributed by atoms with Crippen molar-refractivity contribution >= 4 is 27.7 Å². The zero-order chi connectivity index (χ0) is 15.5. The highest BCUT2D eigenvalue weighted by molar-refractivity contribution is 9.10. The molecule has 0 radical (unpaired) electrons. The quantitative estimate of drug-likeness (QED) is 0.751. The molecule has 0 spiro atoms. The normalized spacial score (nSPS) is 11.7. The second-order valence-electron chi connectivity index (χ2n) is 5.88. The lowest BCUT2D eigenvalue weighted by molar-refractivity contribution is 0.416. The molecule has 1 N–H and O–H groups in total. The Hall–Kier alpha value is -0.840. The van der Waals surface area contributed by atoms with Crippen molar-refractivity contribution in [2.24, 2.45) is 0 Å². The van der Waals surface area contributed by atoms with Crippen LogP contribution in [0.25, 0.3) is 0 Å². The van der Waals surface area contributed by atoms with E-state index in [2.05, 4.69) is 42.0 Å². The predicted octanol–water partition coefficient (Wildman–Crippen LogP) is 5.63. The summed E-state index contributed by atoms with van der Waals surface area (Å²) < 4.78 is 15.2. The summed E-state index contributed by atoms with van der Waals surface area (Å²) in [6.07, 6.45) is 0. The van der Waals surface area contributed by atoms with Crippen LogP contribution in [-0.2, 0) is 6.54 Å². The highest BCUT2D eigenvalue weighted by Crippen LogP contribution is 2.32. The molecule has 0 unspecified atom stereocenters. The number of nitrogens with one attached hydrogen (secondary N) is 1. The Labute approximate surface area is 138 Å². The molecule has 0 heterocycles. The van der Waals surface area contributed by atoms with Gasteiger partial charge in [-0.25, -0.2) is 4.39 Å². The molecule has 2 aromatic rings. The van der Waals surface area contributed by atoms with Crippen LogP contribution in [-0.4, -0.2) is 5.54 Å². The Balaban J connectivity index is 2.22. The van der Waals surface area contributed by atoms with E-state index in [1.54, 1.807) is 17.8 Å². The maximum atomic E-state index is 14.1. The molecule has 0 atom stereocenters. The lowest BCUT2D eigenvalue weighted by Gasteiger charge is -2.22. The second kappa shape index (κ2) is 6.95. The van der Waals surface area contributed by atoms with E-state index in [9.17, 15) is 4.39 Å². The summed E-state index contributed by atoms with van der Waals surface area (Å²) in [4.78, 5) is 2.05. The van der Waals surface area contributed by atoms with Gasteiger partial charge >= 0.3 is 0 Å². The number of halogens is 2. The molecule has 0 aliphatic rings. The van der Waals surface area contributed by atoms with Crippen molar-refractivity contribution in [1.29, 1.82) is 0 Å². The topological polar surface area (TPSA) is 12.0 Å². The minimum Gasteiger partial charge on any atom is -0.308 e. The number of hydrogen-bond donors (Lipinski definition) is 1. The van der Waals surface area contributed by atoms with Gasteiger partial charge in [0.05, 0.1) is 0 Å². The molecule has 0 amide bonds. The Bertz CT molecular complexity index is 605.